The van der Waals surface area contributed by atoms with Gasteiger partial charge in [-0.3, -0.25) is 0 Å². The van der Waals surface area contributed by atoms with Gasteiger partial charge in [0.1, 0.15) is 0 Å². The Kier molecular flexibility index (Phi) is 4.23. The second-order valence-corrected chi connectivity index (χ2v) is 5.80. The molecule has 4 nitrogen and oxygen atoms in total. The first-order valence-electron chi connectivity index (χ1n) is 7.05. The van der Waals surface area contributed by atoms with Gasteiger partial charge in [-0.05, 0) is 18.6 Å². The van der Waals surface area contributed by atoms with Crippen molar-refractivity contribution >= 4 is 45.1 Å². The molecule has 3 aromatic rings. The number of aromatic nitrogens is 2. The Labute approximate surface area is 137 Å². The number of hydrogen-bond acceptors (Lipinski definition) is 3. The van der Waals surface area contributed by atoms with Crippen molar-refractivity contribution < 1.29 is 9.47 Å². The number of pyridine rings is 2. The Hall–Kier alpha value is -1.78. The van der Waals surface area contributed by atoms with Crippen molar-refractivity contribution in [1.82, 2.24) is 4.98 Å². The van der Waals surface area contributed by atoms with E-state index in [4.69, 9.17) is 27.9 Å². The minimum Gasteiger partial charge on any atom is -0.618 e. The van der Waals surface area contributed by atoms with Crippen LogP contribution in [0.25, 0.3) is 21.9 Å². The van der Waals surface area contributed by atoms with E-state index in [1.165, 1.54) is 0 Å². The molecule has 3 rings (SSSR count). The standard InChI is InChI=1S/C16H14Cl2N2O2/c1-2-3-8-22-14-7-6-12-16(19-14)15(18)11-5-4-10(17)9-13(11)20(12)21/h4-7,9H,2-3,8H2,1H3. The molecule has 0 aliphatic carbocycles. The van der Waals surface area contributed by atoms with Crippen LogP contribution in [0.1, 0.15) is 19.8 Å². The summed E-state index contributed by atoms with van der Waals surface area (Å²) in [6, 6.07) is 8.37. The van der Waals surface area contributed by atoms with E-state index in [1.807, 2.05) is 0 Å². The maximum atomic E-state index is 12.5. The number of ether oxygens (including phenoxy) is 1. The highest BCUT2D eigenvalue weighted by atomic mass is 35.5. The zero-order valence-corrected chi connectivity index (χ0v) is 13.5. The van der Waals surface area contributed by atoms with Gasteiger partial charge in [0, 0.05) is 23.2 Å². The lowest BCUT2D eigenvalue weighted by Gasteiger charge is -2.10. The number of nitrogens with zero attached hydrogens (tertiary/aromatic N) is 2. The van der Waals surface area contributed by atoms with E-state index in [2.05, 4.69) is 11.9 Å². The minimum atomic E-state index is 0.391. The molecule has 0 aliphatic heterocycles. The van der Waals surface area contributed by atoms with Crippen LogP contribution in [0.2, 0.25) is 10.0 Å². The van der Waals surface area contributed by atoms with E-state index in [9.17, 15) is 5.21 Å². The third kappa shape index (κ3) is 2.64. The molecule has 22 heavy (non-hydrogen) atoms. The highest BCUT2D eigenvalue weighted by Crippen LogP contribution is 2.30. The Morgan fingerprint density at radius 3 is 2.77 bits per heavy atom. The zero-order valence-electron chi connectivity index (χ0n) is 12.0. The summed E-state index contributed by atoms with van der Waals surface area (Å²) in [5, 5.41) is 14.0. The summed E-state index contributed by atoms with van der Waals surface area (Å²) >= 11 is 12.4. The highest BCUT2D eigenvalue weighted by molar-refractivity contribution is 6.39. The fourth-order valence-corrected chi connectivity index (χ4v) is 2.74. The lowest BCUT2D eigenvalue weighted by atomic mass is 10.2. The Bertz CT molecular complexity index is 853. The summed E-state index contributed by atoms with van der Waals surface area (Å²) in [5.74, 6) is 0.469. The fraction of sp³-hybridized carbons (Fsp3) is 0.250. The van der Waals surface area contributed by atoms with E-state index >= 15 is 0 Å². The normalized spacial score (nSPS) is 11.2. The summed E-state index contributed by atoms with van der Waals surface area (Å²) in [7, 11) is 0. The van der Waals surface area contributed by atoms with Crippen molar-refractivity contribution in [3.63, 3.8) is 0 Å². The SMILES string of the molecule is CCCCOc1ccc2c(n1)c(Cl)c1ccc(Cl)cc1[n+]2[O-]. The van der Waals surface area contributed by atoms with Gasteiger partial charge in [0.05, 0.1) is 17.0 Å². The molecule has 0 amide bonds. The van der Waals surface area contributed by atoms with Crippen LogP contribution in [0.15, 0.2) is 30.3 Å². The Balaban J connectivity index is 2.18. The van der Waals surface area contributed by atoms with Crippen LogP contribution < -0.4 is 9.47 Å². The molecular formula is C16H14Cl2N2O2. The summed E-state index contributed by atoms with van der Waals surface area (Å²) in [6.45, 7) is 2.68. The smallest absolute Gasteiger partial charge is 0.244 e. The van der Waals surface area contributed by atoms with Crippen LogP contribution in [0.4, 0.5) is 0 Å². The van der Waals surface area contributed by atoms with Gasteiger partial charge in [0.2, 0.25) is 16.9 Å². The summed E-state index contributed by atoms with van der Waals surface area (Å²) < 4.78 is 6.38. The van der Waals surface area contributed by atoms with Crippen LogP contribution in [-0.2, 0) is 0 Å². The number of unbranched alkanes of at least 4 members (excludes halogenated alkanes) is 1. The Morgan fingerprint density at radius 1 is 1.18 bits per heavy atom. The average Bonchev–Trinajstić information content (AvgIpc) is 2.53. The first-order valence-corrected chi connectivity index (χ1v) is 7.81. The summed E-state index contributed by atoms with van der Waals surface area (Å²) in [5.41, 5.74) is 1.24. The third-order valence-electron chi connectivity index (χ3n) is 3.44. The molecule has 0 bridgehead atoms. The minimum absolute atomic E-state index is 0.391. The van der Waals surface area contributed by atoms with Crippen LogP contribution >= 0.6 is 23.2 Å². The Morgan fingerprint density at radius 2 is 2.00 bits per heavy atom. The second kappa shape index (κ2) is 6.15. The van der Waals surface area contributed by atoms with Crippen molar-refractivity contribution in [1.29, 1.82) is 0 Å². The average molecular weight is 337 g/mol. The molecule has 0 saturated heterocycles. The molecule has 2 heterocycles. The highest BCUT2D eigenvalue weighted by Gasteiger charge is 2.18. The molecule has 0 spiro atoms. The molecule has 0 saturated carbocycles. The van der Waals surface area contributed by atoms with Crippen molar-refractivity contribution in [3.05, 3.63) is 45.6 Å². The molecule has 0 atom stereocenters. The van der Waals surface area contributed by atoms with Gasteiger partial charge in [0.25, 0.3) is 0 Å². The third-order valence-corrected chi connectivity index (χ3v) is 4.06. The number of halogens is 2. The topological polar surface area (TPSA) is 49.1 Å². The van der Waals surface area contributed by atoms with E-state index in [0.29, 0.717) is 44.5 Å². The van der Waals surface area contributed by atoms with Gasteiger partial charge in [-0.15, -0.1) is 0 Å². The first-order chi connectivity index (χ1) is 10.6. The quantitative estimate of drug-likeness (QED) is 0.305. The van der Waals surface area contributed by atoms with Crippen molar-refractivity contribution in [2.45, 2.75) is 19.8 Å². The molecule has 2 aromatic heterocycles. The molecule has 0 unspecified atom stereocenters. The molecule has 6 heteroatoms. The lowest BCUT2D eigenvalue weighted by molar-refractivity contribution is -0.547. The van der Waals surface area contributed by atoms with Gasteiger partial charge in [-0.25, -0.2) is 4.98 Å². The number of rotatable bonds is 4. The lowest BCUT2D eigenvalue weighted by Crippen LogP contribution is -2.28. The molecule has 0 fully saturated rings. The van der Waals surface area contributed by atoms with Crippen LogP contribution in [-0.4, -0.2) is 11.6 Å². The summed E-state index contributed by atoms with van der Waals surface area (Å²) in [4.78, 5) is 4.37. The molecule has 0 radical (unpaired) electrons. The molecule has 114 valence electrons. The van der Waals surface area contributed by atoms with E-state index in [-0.39, 0.29) is 0 Å². The molecule has 1 aromatic carbocycles. The predicted molar refractivity (Wildman–Crippen MR) is 88.6 cm³/mol. The van der Waals surface area contributed by atoms with Crippen molar-refractivity contribution in [2.24, 2.45) is 0 Å². The van der Waals surface area contributed by atoms with Gasteiger partial charge in [0.15, 0.2) is 5.52 Å². The fourth-order valence-electron chi connectivity index (χ4n) is 2.28. The van der Waals surface area contributed by atoms with E-state index in [0.717, 1.165) is 17.6 Å². The number of benzene rings is 1. The zero-order chi connectivity index (χ0) is 15.7. The van der Waals surface area contributed by atoms with Crippen molar-refractivity contribution in [3.8, 4) is 5.88 Å². The largest absolute Gasteiger partial charge is 0.618 e. The number of hydrogen-bond donors (Lipinski definition) is 0. The van der Waals surface area contributed by atoms with Gasteiger partial charge in [-0.2, -0.15) is 4.73 Å². The van der Waals surface area contributed by atoms with Crippen LogP contribution in [0.5, 0.6) is 5.88 Å². The first kappa shape index (κ1) is 15.1. The monoisotopic (exact) mass is 336 g/mol. The second-order valence-electron chi connectivity index (χ2n) is 4.99. The maximum absolute atomic E-state index is 12.5. The van der Waals surface area contributed by atoms with Crippen molar-refractivity contribution in [2.75, 3.05) is 6.61 Å². The van der Waals surface area contributed by atoms with Crippen LogP contribution in [0.3, 0.4) is 0 Å². The van der Waals surface area contributed by atoms with Gasteiger partial charge >= 0.3 is 0 Å². The number of fused-ring (bicyclic) bond motifs is 2. The maximum Gasteiger partial charge on any atom is 0.244 e. The molecule has 0 aliphatic rings. The molecule has 0 N–H and O–H groups in total. The predicted octanol–water partition coefficient (Wildman–Crippen LogP) is 4.51. The van der Waals surface area contributed by atoms with Gasteiger partial charge in [-0.1, -0.05) is 36.5 Å². The molecular weight excluding hydrogens is 323 g/mol. The van der Waals surface area contributed by atoms with Gasteiger partial charge < -0.3 is 9.94 Å². The van der Waals surface area contributed by atoms with E-state index in [1.54, 1.807) is 30.3 Å². The van der Waals surface area contributed by atoms with E-state index < -0.39 is 0 Å². The van der Waals surface area contributed by atoms with Crippen LogP contribution in [0, 0.1) is 5.21 Å². The summed E-state index contributed by atoms with van der Waals surface area (Å²) in [6.07, 6.45) is 1.99.